The van der Waals surface area contributed by atoms with Crippen LogP contribution in [0.3, 0.4) is 0 Å². The van der Waals surface area contributed by atoms with Gasteiger partial charge in [-0.1, -0.05) is 0 Å². The predicted molar refractivity (Wildman–Crippen MR) is 52.0 cm³/mol. The molecule has 5 nitrogen and oxygen atoms in total. The third kappa shape index (κ3) is 3.22. The van der Waals surface area contributed by atoms with Crippen molar-refractivity contribution in [1.82, 2.24) is 0 Å². The van der Waals surface area contributed by atoms with Gasteiger partial charge in [-0.25, -0.2) is 5.53 Å². The highest BCUT2D eigenvalue weighted by molar-refractivity contribution is 5.67. The second-order valence-corrected chi connectivity index (χ2v) is 2.73. The summed E-state index contributed by atoms with van der Waals surface area (Å²) in [4.78, 5) is 10.2. The average molecular weight is 193 g/mol. The number of rotatable bonds is 5. The fourth-order valence-electron chi connectivity index (χ4n) is 0.968. The van der Waals surface area contributed by atoms with E-state index in [0.717, 1.165) is 5.69 Å². The number of hydrogen-bond donors (Lipinski definition) is 3. The first kappa shape index (κ1) is 10.2. The van der Waals surface area contributed by atoms with Crippen LogP contribution in [0.1, 0.15) is 6.42 Å². The highest BCUT2D eigenvalue weighted by atomic mass is 16.4. The van der Waals surface area contributed by atoms with Gasteiger partial charge < -0.3 is 10.4 Å². The molecule has 0 radical (unpaired) electrons. The van der Waals surface area contributed by atoms with E-state index >= 15 is 0 Å². The van der Waals surface area contributed by atoms with Crippen molar-refractivity contribution in [2.45, 2.75) is 6.42 Å². The molecule has 0 aliphatic heterocycles. The summed E-state index contributed by atoms with van der Waals surface area (Å²) in [5.74, 6) is -0.824. The van der Waals surface area contributed by atoms with Gasteiger partial charge in [-0.15, -0.1) is 0 Å². The van der Waals surface area contributed by atoms with Crippen LogP contribution >= 0.6 is 0 Å². The third-order valence-electron chi connectivity index (χ3n) is 1.66. The Hall–Kier alpha value is -1.91. The SMILES string of the molecule is N=Nc1ccc(NCCC(=O)O)cc1. The summed E-state index contributed by atoms with van der Waals surface area (Å²) in [5, 5.41) is 14.6. The number of nitrogens with one attached hydrogen (secondary N) is 2. The highest BCUT2D eigenvalue weighted by Gasteiger charge is 1.96. The van der Waals surface area contributed by atoms with E-state index in [9.17, 15) is 4.79 Å². The van der Waals surface area contributed by atoms with Crippen molar-refractivity contribution in [3.8, 4) is 0 Å². The molecule has 0 aromatic heterocycles. The van der Waals surface area contributed by atoms with Crippen LogP contribution in [0.25, 0.3) is 0 Å². The number of carbonyl (C=O) groups is 1. The van der Waals surface area contributed by atoms with Crippen LogP contribution in [-0.4, -0.2) is 17.6 Å². The molecule has 0 aliphatic carbocycles. The van der Waals surface area contributed by atoms with Crippen LogP contribution in [0.4, 0.5) is 11.4 Å². The quantitative estimate of drug-likeness (QED) is 0.627. The Morgan fingerprint density at radius 3 is 2.57 bits per heavy atom. The average Bonchev–Trinajstić information content (AvgIpc) is 2.18. The largest absolute Gasteiger partial charge is 0.481 e. The molecule has 0 unspecified atom stereocenters. The maximum absolute atomic E-state index is 10.2. The van der Waals surface area contributed by atoms with Gasteiger partial charge in [-0.3, -0.25) is 4.79 Å². The van der Waals surface area contributed by atoms with E-state index in [4.69, 9.17) is 10.6 Å². The molecule has 0 amide bonds. The van der Waals surface area contributed by atoms with Crippen LogP contribution < -0.4 is 5.32 Å². The van der Waals surface area contributed by atoms with Crippen molar-refractivity contribution in [1.29, 1.82) is 5.53 Å². The van der Waals surface area contributed by atoms with E-state index in [2.05, 4.69) is 10.4 Å². The second-order valence-electron chi connectivity index (χ2n) is 2.73. The van der Waals surface area contributed by atoms with E-state index < -0.39 is 5.97 Å². The molecule has 0 bridgehead atoms. The Bertz CT molecular complexity index is 321. The zero-order chi connectivity index (χ0) is 10.4. The van der Waals surface area contributed by atoms with Gasteiger partial charge in [0.25, 0.3) is 0 Å². The summed E-state index contributed by atoms with van der Waals surface area (Å²) >= 11 is 0. The molecule has 0 heterocycles. The Morgan fingerprint density at radius 2 is 2.07 bits per heavy atom. The minimum absolute atomic E-state index is 0.0879. The lowest BCUT2D eigenvalue weighted by Crippen LogP contribution is -2.07. The van der Waals surface area contributed by atoms with Crippen LogP contribution in [0.2, 0.25) is 0 Å². The first-order valence-electron chi connectivity index (χ1n) is 4.15. The normalized spacial score (nSPS) is 9.43. The summed E-state index contributed by atoms with van der Waals surface area (Å²) in [6.07, 6.45) is 0.0879. The molecule has 74 valence electrons. The Kier molecular flexibility index (Phi) is 3.60. The molecule has 1 aromatic rings. The van der Waals surface area contributed by atoms with Gasteiger partial charge in [0, 0.05) is 12.2 Å². The minimum Gasteiger partial charge on any atom is -0.481 e. The van der Waals surface area contributed by atoms with Crippen molar-refractivity contribution in [2.24, 2.45) is 5.11 Å². The fraction of sp³-hybridized carbons (Fsp3) is 0.222. The third-order valence-corrected chi connectivity index (χ3v) is 1.66. The van der Waals surface area contributed by atoms with Crippen molar-refractivity contribution < 1.29 is 9.90 Å². The van der Waals surface area contributed by atoms with Gasteiger partial charge in [-0.05, 0) is 24.3 Å². The molecule has 0 saturated carbocycles. The van der Waals surface area contributed by atoms with E-state index in [1.54, 1.807) is 24.3 Å². The minimum atomic E-state index is -0.824. The second kappa shape index (κ2) is 4.96. The fourth-order valence-corrected chi connectivity index (χ4v) is 0.968. The number of aliphatic carboxylic acids is 1. The molecular formula is C9H11N3O2. The summed E-state index contributed by atoms with van der Waals surface area (Å²) in [5.41, 5.74) is 8.15. The summed E-state index contributed by atoms with van der Waals surface area (Å²) in [7, 11) is 0. The lowest BCUT2D eigenvalue weighted by Gasteiger charge is -2.03. The molecule has 5 heteroatoms. The van der Waals surface area contributed by atoms with Crippen molar-refractivity contribution >= 4 is 17.3 Å². The standard InChI is InChI=1S/C9H11N3O2/c10-12-8-3-1-7(2-4-8)11-6-5-9(13)14/h1-4,10-11H,5-6H2,(H,13,14). The van der Waals surface area contributed by atoms with Crippen molar-refractivity contribution in [3.63, 3.8) is 0 Å². The first-order chi connectivity index (χ1) is 6.72. The van der Waals surface area contributed by atoms with E-state index in [-0.39, 0.29) is 6.42 Å². The number of anilines is 1. The Morgan fingerprint density at radius 1 is 1.43 bits per heavy atom. The topological polar surface area (TPSA) is 85.5 Å². The van der Waals surface area contributed by atoms with Gasteiger partial charge in [0.15, 0.2) is 0 Å². The zero-order valence-electron chi connectivity index (χ0n) is 7.53. The van der Waals surface area contributed by atoms with E-state index in [0.29, 0.717) is 12.2 Å². The van der Waals surface area contributed by atoms with Crippen molar-refractivity contribution in [2.75, 3.05) is 11.9 Å². The summed E-state index contributed by atoms with van der Waals surface area (Å²) in [6, 6.07) is 6.90. The molecule has 0 aliphatic rings. The van der Waals surface area contributed by atoms with Crippen LogP contribution in [0.5, 0.6) is 0 Å². The molecule has 0 atom stereocenters. The number of carboxylic acid groups (broad SMARTS) is 1. The van der Waals surface area contributed by atoms with Crippen LogP contribution in [0, 0.1) is 5.53 Å². The molecule has 0 saturated heterocycles. The number of carboxylic acids is 1. The number of hydrogen-bond acceptors (Lipinski definition) is 4. The maximum Gasteiger partial charge on any atom is 0.305 e. The Labute approximate surface area is 81.3 Å². The molecule has 1 aromatic carbocycles. The van der Waals surface area contributed by atoms with E-state index in [1.165, 1.54) is 0 Å². The van der Waals surface area contributed by atoms with Gasteiger partial charge >= 0.3 is 5.97 Å². The lowest BCUT2D eigenvalue weighted by molar-refractivity contribution is -0.136. The van der Waals surface area contributed by atoms with Gasteiger partial charge in [0.1, 0.15) is 0 Å². The van der Waals surface area contributed by atoms with Gasteiger partial charge in [-0.2, -0.15) is 5.11 Å². The molecule has 0 spiro atoms. The monoisotopic (exact) mass is 193 g/mol. The summed E-state index contributed by atoms with van der Waals surface area (Å²) < 4.78 is 0. The van der Waals surface area contributed by atoms with Crippen molar-refractivity contribution in [3.05, 3.63) is 24.3 Å². The Balaban J connectivity index is 2.43. The van der Waals surface area contributed by atoms with Gasteiger partial charge in [0.05, 0.1) is 12.1 Å². The number of benzene rings is 1. The molecular weight excluding hydrogens is 182 g/mol. The molecule has 14 heavy (non-hydrogen) atoms. The van der Waals surface area contributed by atoms with Gasteiger partial charge in [0.2, 0.25) is 0 Å². The zero-order valence-corrected chi connectivity index (χ0v) is 7.53. The smallest absolute Gasteiger partial charge is 0.305 e. The highest BCUT2D eigenvalue weighted by Crippen LogP contribution is 2.15. The predicted octanol–water partition coefficient (Wildman–Crippen LogP) is 2.24. The van der Waals surface area contributed by atoms with E-state index in [1.807, 2.05) is 0 Å². The molecule has 3 N–H and O–H groups in total. The van der Waals surface area contributed by atoms with Crippen LogP contribution in [0.15, 0.2) is 29.4 Å². The first-order valence-corrected chi connectivity index (χ1v) is 4.15. The molecule has 0 fully saturated rings. The molecule has 1 rings (SSSR count). The number of nitrogens with zero attached hydrogens (tertiary/aromatic N) is 1. The lowest BCUT2D eigenvalue weighted by atomic mass is 10.3. The summed E-state index contributed by atoms with van der Waals surface area (Å²) in [6.45, 7) is 0.396. The van der Waals surface area contributed by atoms with Crippen LogP contribution in [-0.2, 0) is 4.79 Å². The maximum atomic E-state index is 10.2.